The third kappa shape index (κ3) is 3.20. The minimum absolute atomic E-state index is 0.319. The van der Waals surface area contributed by atoms with Crippen LogP contribution >= 0.6 is 23.2 Å². The van der Waals surface area contributed by atoms with E-state index in [1.807, 2.05) is 18.2 Å². The highest BCUT2D eigenvalue weighted by molar-refractivity contribution is 6.30. The Labute approximate surface area is 133 Å². The fraction of sp³-hybridized carbons (Fsp3) is 0.111. The van der Waals surface area contributed by atoms with E-state index in [0.29, 0.717) is 17.0 Å². The lowest BCUT2D eigenvalue weighted by Gasteiger charge is -2.12. The zero-order valence-electron chi connectivity index (χ0n) is 11.2. The van der Waals surface area contributed by atoms with Crippen molar-refractivity contribution in [1.29, 1.82) is 0 Å². The maximum Gasteiger partial charge on any atom is 0.128 e. The van der Waals surface area contributed by atoms with Crippen LogP contribution in [0.1, 0.15) is 16.5 Å². The van der Waals surface area contributed by atoms with Crippen molar-refractivity contribution >= 4 is 34.0 Å². The molecule has 0 saturated carbocycles. The molecule has 0 bridgehead atoms. The highest BCUT2D eigenvalue weighted by Gasteiger charge is 2.14. The number of fused-ring (bicyclic) bond motifs is 1. The molecule has 106 valence electrons. The molecule has 3 heteroatoms. The van der Waals surface area contributed by atoms with Gasteiger partial charge in [-0.1, -0.05) is 54.1 Å². The largest absolute Gasteiger partial charge is 0.207 e. The maximum absolute atomic E-state index is 13.8. The van der Waals surface area contributed by atoms with Crippen LogP contribution in [0, 0.1) is 5.82 Å². The van der Waals surface area contributed by atoms with Crippen LogP contribution in [0.2, 0.25) is 5.02 Å². The molecule has 3 rings (SSSR count). The van der Waals surface area contributed by atoms with E-state index in [4.69, 9.17) is 23.2 Å². The second-order valence-corrected chi connectivity index (χ2v) is 5.98. The summed E-state index contributed by atoms with van der Waals surface area (Å²) in [5.41, 5.74) is 1.52. The molecule has 0 aliphatic heterocycles. The first-order valence-corrected chi connectivity index (χ1v) is 7.51. The monoisotopic (exact) mass is 318 g/mol. The van der Waals surface area contributed by atoms with E-state index in [0.717, 1.165) is 10.9 Å². The normalized spacial score (nSPS) is 12.5. The summed E-state index contributed by atoms with van der Waals surface area (Å²) in [6.07, 6.45) is 0.559. The molecule has 0 N–H and O–H groups in total. The van der Waals surface area contributed by atoms with Crippen LogP contribution in [0.15, 0.2) is 60.7 Å². The first-order chi connectivity index (χ1) is 10.1. The van der Waals surface area contributed by atoms with Crippen LogP contribution in [-0.4, -0.2) is 0 Å². The second-order valence-electron chi connectivity index (χ2n) is 5.02. The van der Waals surface area contributed by atoms with Gasteiger partial charge in [0.15, 0.2) is 0 Å². The molecular weight excluding hydrogens is 306 g/mol. The number of alkyl halides is 1. The minimum atomic E-state index is -0.440. The van der Waals surface area contributed by atoms with Gasteiger partial charge in [0, 0.05) is 10.6 Å². The Hall–Kier alpha value is -1.57. The van der Waals surface area contributed by atoms with Crippen LogP contribution in [0.25, 0.3) is 10.8 Å². The third-order valence-electron chi connectivity index (χ3n) is 3.52. The van der Waals surface area contributed by atoms with E-state index < -0.39 is 5.38 Å². The number of rotatable bonds is 3. The predicted octanol–water partition coefficient (Wildman–Crippen LogP) is 6.15. The molecule has 0 aliphatic rings. The van der Waals surface area contributed by atoms with Crippen molar-refractivity contribution in [2.45, 2.75) is 11.8 Å². The van der Waals surface area contributed by atoms with Crippen molar-refractivity contribution in [2.75, 3.05) is 0 Å². The summed E-state index contributed by atoms with van der Waals surface area (Å²) in [6, 6.07) is 18.8. The van der Waals surface area contributed by atoms with Crippen molar-refractivity contribution in [2.24, 2.45) is 0 Å². The summed E-state index contributed by atoms with van der Waals surface area (Å²) in [7, 11) is 0. The molecule has 3 aromatic carbocycles. The van der Waals surface area contributed by atoms with Gasteiger partial charge in [-0.2, -0.15) is 0 Å². The van der Waals surface area contributed by atoms with E-state index in [1.165, 1.54) is 17.5 Å². The first kappa shape index (κ1) is 14.4. The van der Waals surface area contributed by atoms with Gasteiger partial charge in [0.1, 0.15) is 5.82 Å². The number of hydrogen-bond donors (Lipinski definition) is 0. The molecule has 0 aromatic heterocycles. The van der Waals surface area contributed by atoms with E-state index in [2.05, 4.69) is 24.3 Å². The van der Waals surface area contributed by atoms with Gasteiger partial charge in [0.2, 0.25) is 0 Å². The summed E-state index contributed by atoms with van der Waals surface area (Å²) in [4.78, 5) is 0. The van der Waals surface area contributed by atoms with Gasteiger partial charge in [0.25, 0.3) is 0 Å². The summed E-state index contributed by atoms with van der Waals surface area (Å²) >= 11 is 12.3. The average molecular weight is 319 g/mol. The van der Waals surface area contributed by atoms with Crippen molar-refractivity contribution in [3.8, 4) is 0 Å². The molecule has 3 aromatic rings. The fourth-order valence-electron chi connectivity index (χ4n) is 2.44. The Balaban J connectivity index is 1.88. The SMILES string of the molecule is Fc1ccc(Cl)cc1C(Cl)Cc1ccc2ccccc2c1. The number of halogens is 3. The standard InChI is InChI=1S/C18H13Cl2F/c19-15-7-8-18(21)16(11-15)17(20)10-12-5-6-13-3-1-2-4-14(13)9-12/h1-9,11,17H,10H2. The molecule has 0 nitrogen and oxygen atoms in total. The number of benzene rings is 3. The molecule has 0 spiro atoms. The Bertz CT molecular complexity index is 783. The molecule has 0 heterocycles. The molecular formula is C18H13Cl2F. The van der Waals surface area contributed by atoms with Gasteiger partial charge >= 0.3 is 0 Å². The van der Waals surface area contributed by atoms with Crippen molar-refractivity contribution in [1.82, 2.24) is 0 Å². The van der Waals surface area contributed by atoms with Crippen LogP contribution in [0.4, 0.5) is 4.39 Å². The van der Waals surface area contributed by atoms with Gasteiger partial charge in [-0.25, -0.2) is 4.39 Å². The summed E-state index contributed by atoms with van der Waals surface area (Å²) < 4.78 is 13.8. The Morgan fingerprint density at radius 3 is 2.48 bits per heavy atom. The van der Waals surface area contributed by atoms with Gasteiger partial charge in [-0.3, -0.25) is 0 Å². The van der Waals surface area contributed by atoms with Gasteiger partial charge in [-0.05, 0) is 41.0 Å². The molecule has 0 saturated heterocycles. The minimum Gasteiger partial charge on any atom is -0.207 e. The molecule has 21 heavy (non-hydrogen) atoms. The smallest absolute Gasteiger partial charge is 0.128 e. The Morgan fingerprint density at radius 1 is 0.905 bits per heavy atom. The molecule has 1 atom stereocenters. The van der Waals surface area contributed by atoms with Gasteiger partial charge in [-0.15, -0.1) is 11.6 Å². The van der Waals surface area contributed by atoms with E-state index in [1.54, 1.807) is 6.07 Å². The molecule has 1 unspecified atom stereocenters. The van der Waals surface area contributed by atoms with Crippen LogP contribution in [-0.2, 0) is 6.42 Å². The summed E-state index contributed by atoms with van der Waals surface area (Å²) in [5.74, 6) is -0.319. The topological polar surface area (TPSA) is 0 Å². The summed E-state index contributed by atoms with van der Waals surface area (Å²) in [5, 5.41) is 2.40. The maximum atomic E-state index is 13.8. The molecule has 0 amide bonds. The van der Waals surface area contributed by atoms with E-state index in [9.17, 15) is 4.39 Å². The fourth-order valence-corrected chi connectivity index (χ4v) is 2.96. The lowest BCUT2D eigenvalue weighted by atomic mass is 10.0. The molecule has 0 fully saturated rings. The molecule has 0 radical (unpaired) electrons. The van der Waals surface area contributed by atoms with E-state index in [-0.39, 0.29) is 5.82 Å². The Kier molecular flexibility index (Phi) is 4.14. The van der Waals surface area contributed by atoms with Gasteiger partial charge in [0.05, 0.1) is 5.38 Å². The first-order valence-electron chi connectivity index (χ1n) is 6.70. The Morgan fingerprint density at radius 2 is 1.67 bits per heavy atom. The lowest BCUT2D eigenvalue weighted by molar-refractivity contribution is 0.606. The van der Waals surface area contributed by atoms with Gasteiger partial charge < -0.3 is 0 Å². The van der Waals surface area contributed by atoms with Crippen LogP contribution in [0.3, 0.4) is 0 Å². The zero-order chi connectivity index (χ0) is 14.8. The predicted molar refractivity (Wildman–Crippen MR) is 87.7 cm³/mol. The number of hydrogen-bond acceptors (Lipinski definition) is 0. The van der Waals surface area contributed by atoms with Crippen molar-refractivity contribution in [3.05, 3.63) is 82.6 Å². The van der Waals surface area contributed by atoms with Crippen LogP contribution in [0.5, 0.6) is 0 Å². The quantitative estimate of drug-likeness (QED) is 0.508. The highest BCUT2D eigenvalue weighted by atomic mass is 35.5. The van der Waals surface area contributed by atoms with Crippen LogP contribution < -0.4 is 0 Å². The third-order valence-corrected chi connectivity index (χ3v) is 4.15. The second kappa shape index (κ2) is 6.05. The summed E-state index contributed by atoms with van der Waals surface area (Å²) in [6.45, 7) is 0. The van der Waals surface area contributed by atoms with Crippen molar-refractivity contribution in [3.63, 3.8) is 0 Å². The van der Waals surface area contributed by atoms with Crippen molar-refractivity contribution < 1.29 is 4.39 Å². The van der Waals surface area contributed by atoms with E-state index >= 15 is 0 Å². The average Bonchev–Trinajstić information content (AvgIpc) is 2.49. The molecule has 0 aliphatic carbocycles. The zero-order valence-corrected chi connectivity index (χ0v) is 12.7. The lowest BCUT2D eigenvalue weighted by Crippen LogP contribution is -1.99. The highest BCUT2D eigenvalue weighted by Crippen LogP contribution is 2.30.